The standard InChI is InChI=1S/C13H13Cl2NO4/c1-6-2-3-10(20-6)12(17)16-11-8(14)4-7(13(18)19)5-9(11)15/h4-6,10H,2-3H2,1H3,(H,16,17)(H,18,19). The minimum absolute atomic E-state index is 0.0382. The van der Waals surface area contributed by atoms with E-state index in [0.29, 0.717) is 6.42 Å². The van der Waals surface area contributed by atoms with Crippen molar-refractivity contribution in [1.82, 2.24) is 0 Å². The molecule has 1 aliphatic heterocycles. The maximum absolute atomic E-state index is 12.0. The molecule has 1 amide bonds. The third kappa shape index (κ3) is 3.23. The zero-order chi connectivity index (χ0) is 14.9. The fourth-order valence-electron chi connectivity index (χ4n) is 2.02. The second-order valence-electron chi connectivity index (χ2n) is 4.62. The van der Waals surface area contributed by atoms with Gasteiger partial charge in [-0.15, -0.1) is 0 Å². The summed E-state index contributed by atoms with van der Waals surface area (Å²) in [5.41, 5.74) is 0.162. The van der Waals surface area contributed by atoms with Crippen LogP contribution in [0.15, 0.2) is 12.1 Å². The normalized spacial score (nSPS) is 21.8. The molecule has 2 atom stereocenters. The zero-order valence-electron chi connectivity index (χ0n) is 10.7. The quantitative estimate of drug-likeness (QED) is 0.897. The van der Waals surface area contributed by atoms with Crippen LogP contribution in [0.5, 0.6) is 0 Å². The summed E-state index contributed by atoms with van der Waals surface area (Å²) < 4.78 is 5.44. The van der Waals surface area contributed by atoms with Crippen LogP contribution in [-0.2, 0) is 9.53 Å². The molecule has 5 nitrogen and oxygen atoms in total. The molecule has 2 N–H and O–H groups in total. The summed E-state index contributed by atoms with van der Waals surface area (Å²) in [6.07, 6.45) is 0.967. The molecule has 1 aliphatic rings. The maximum Gasteiger partial charge on any atom is 0.335 e. The van der Waals surface area contributed by atoms with Gasteiger partial charge >= 0.3 is 5.97 Å². The molecule has 1 aromatic carbocycles. The summed E-state index contributed by atoms with van der Waals surface area (Å²) in [6.45, 7) is 1.90. The van der Waals surface area contributed by atoms with Crippen molar-refractivity contribution in [2.24, 2.45) is 0 Å². The van der Waals surface area contributed by atoms with Gasteiger partial charge in [0.2, 0.25) is 0 Å². The lowest BCUT2D eigenvalue weighted by atomic mass is 10.1. The smallest absolute Gasteiger partial charge is 0.335 e. The van der Waals surface area contributed by atoms with Crippen molar-refractivity contribution in [1.29, 1.82) is 0 Å². The number of rotatable bonds is 3. The van der Waals surface area contributed by atoms with Gasteiger partial charge in [-0.05, 0) is 31.9 Å². The number of carbonyl (C=O) groups is 2. The van der Waals surface area contributed by atoms with Gasteiger partial charge in [0.15, 0.2) is 0 Å². The highest BCUT2D eigenvalue weighted by Gasteiger charge is 2.29. The van der Waals surface area contributed by atoms with Crippen molar-refractivity contribution in [3.63, 3.8) is 0 Å². The van der Waals surface area contributed by atoms with E-state index >= 15 is 0 Å². The Labute approximate surface area is 125 Å². The Bertz CT molecular complexity index is 538. The fraction of sp³-hybridized carbons (Fsp3) is 0.385. The largest absolute Gasteiger partial charge is 0.478 e. The van der Waals surface area contributed by atoms with E-state index in [9.17, 15) is 9.59 Å². The molecule has 1 saturated heterocycles. The predicted molar refractivity (Wildman–Crippen MR) is 75.6 cm³/mol. The first-order valence-corrected chi connectivity index (χ1v) is 6.82. The number of amides is 1. The molecule has 0 bridgehead atoms. The number of carbonyl (C=O) groups excluding carboxylic acids is 1. The molecule has 0 aromatic heterocycles. The van der Waals surface area contributed by atoms with Gasteiger partial charge < -0.3 is 15.2 Å². The second kappa shape index (κ2) is 5.99. The van der Waals surface area contributed by atoms with Crippen molar-refractivity contribution in [3.05, 3.63) is 27.7 Å². The summed E-state index contributed by atoms with van der Waals surface area (Å²) in [6, 6.07) is 2.48. The fourth-order valence-corrected chi connectivity index (χ4v) is 2.60. The number of carboxylic acid groups (broad SMARTS) is 1. The summed E-state index contributed by atoms with van der Waals surface area (Å²) >= 11 is 11.9. The lowest BCUT2D eigenvalue weighted by Crippen LogP contribution is -2.28. The SMILES string of the molecule is CC1CCC(C(=O)Nc2c(Cl)cc(C(=O)O)cc2Cl)O1. The van der Waals surface area contributed by atoms with Crippen molar-refractivity contribution in [2.45, 2.75) is 32.0 Å². The van der Waals surface area contributed by atoms with Gasteiger partial charge in [-0.3, -0.25) is 4.79 Å². The van der Waals surface area contributed by atoms with Crippen LogP contribution in [0.3, 0.4) is 0 Å². The first-order valence-electron chi connectivity index (χ1n) is 6.07. The van der Waals surface area contributed by atoms with Gasteiger partial charge in [0.05, 0.1) is 27.4 Å². The van der Waals surface area contributed by atoms with Crippen LogP contribution in [0.1, 0.15) is 30.1 Å². The minimum Gasteiger partial charge on any atom is -0.478 e. The van der Waals surface area contributed by atoms with E-state index in [4.69, 9.17) is 33.0 Å². The second-order valence-corrected chi connectivity index (χ2v) is 5.44. The van der Waals surface area contributed by atoms with Crippen molar-refractivity contribution >= 4 is 40.8 Å². The summed E-state index contributed by atoms with van der Waals surface area (Å²) in [5, 5.41) is 11.6. The topological polar surface area (TPSA) is 75.6 Å². The van der Waals surface area contributed by atoms with Crippen molar-refractivity contribution in [3.8, 4) is 0 Å². The number of hydrogen-bond acceptors (Lipinski definition) is 3. The van der Waals surface area contributed by atoms with Crippen molar-refractivity contribution < 1.29 is 19.4 Å². The molecule has 0 spiro atoms. The van der Waals surface area contributed by atoms with Gasteiger partial charge in [-0.25, -0.2) is 4.79 Å². The Morgan fingerprint density at radius 1 is 1.30 bits per heavy atom. The van der Waals surface area contributed by atoms with E-state index < -0.39 is 12.1 Å². The predicted octanol–water partition coefficient (Wildman–Crippen LogP) is 3.20. The molecule has 2 rings (SSSR count). The monoisotopic (exact) mass is 317 g/mol. The molecule has 7 heteroatoms. The van der Waals surface area contributed by atoms with Gasteiger partial charge in [0.1, 0.15) is 6.10 Å². The Hall–Kier alpha value is -1.30. The van der Waals surface area contributed by atoms with Crippen LogP contribution in [0, 0.1) is 0 Å². The minimum atomic E-state index is -1.14. The molecule has 2 unspecified atom stereocenters. The lowest BCUT2D eigenvalue weighted by Gasteiger charge is -2.14. The molecule has 1 fully saturated rings. The van der Waals surface area contributed by atoms with Crippen LogP contribution < -0.4 is 5.32 Å². The van der Waals surface area contributed by atoms with E-state index in [2.05, 4.69) is 5.32 Å². The molecule has 1 aromatic rings. The van der Waals surface area contributed by atoms with E-state index in [1.807, 2.05) is 6.92 Å². The maximum atomic E-state index is 12.0. The average Bonchev–Trinajstić information content (AvgIpc) is 2.80. The number of benzene rings is 1. The van der Waals surface area contributed by atoms with E-state index in [1.54, 1.807) is 0 Å². The highest BCUT2D eigenvalue weighted by molar-refractivity contribution is 6.40. The first kappa shape index (κ1) is 15.1. The van der Waals surface area contributed by atoms with Crippen LogP contribution in [0.4, 0.5) is 5.69 Å². The molecule has 0 radical (unpaired) electrons. The number of ether oxygens (including phenoxy) is 1. The van der Waals surface area contributed by atoms with Crippen LogP contribution >= 0.6 is 23.2 Å². The highest BCUT2D eigenvalue weighted by Crippen LogP contribution is 2.32. The van der Waals surface area contributed by atoms with Crippen LogP contribution in [0.2, 0.25) is 10.0 Å². The summed E-state index contributed by atoms with van der Waals surface area (Å²) in [7, 11) is 0. The Kier molecular flexibility index (Phi) is 4.52. The summed E-state index contributed by atoms with van der Waals surface area (Å²) in [5.74, 6) is -1.47. The highest BCUT2D eigenvalue weighted by atomic mass is 35.5. The molecular formula is C13H13Cl2NO4. The number of aromatic carboxylic acids is 1. The number of nitrogens with one attached hydrogen (secondary N) is 1. The first-order chi connectivity index (χ1) is 9.38. The lowest BCUT2D eigenvalue weighted by molar-refractivity contribution is -0.126. The molecule has 20 heavy (non-hydrogen) atoms. The number of hydrogen-bond donors (Lipinski definition) is 2. The van der Waals surface area contributed by atoms with Gasteiger partial charge in [0, 0.05) is 0 Å². The molecule has 0 saturated carbocycles. The number of halogens is 2. The van der Waals surface area contributed by atoms with E-state index in [1.165, 1.54) is 12.1 Å². The Balaban J connectivity index is 2.17. The molecule has 1 heterocycles. The third-order valence-electron chi connectivity index (χ3n) is 3.06. The van der Waals surface area contributed by atoms with Gasteiger partial charge in [-0.1, -0.05) is 23.2 Å². The molecule has 0 aliphatic carbocycles. The van der Waals surface area contributed by atoms with Crippen LogP contribution in [0.25, 0.3) is 0 Å². The Morgan fingerprint density at radius 3 is 2.35 bits per heavy atom. The molecular weight excluding hydrogens is 305 g/mol. The van der Waals surface area contributed by atoms with Crippen LogP contribution in [-0.4, -0.2) is 29.2 Å². The number of carboxylic acids is 1. The van der Waals surface area contributed by atoms with Gasteiger partial charge in [-0.2, -0.15) is 0 Å². The summed E-state index contributed by atoms with van der Waals surface area (Å²) in [4.78, 5) is 22.9. The van der Waals surface area contributed by atoms with E-state index in [0.717, 1.165) is 6.42 Å². The number of anilines is 1. The van der Waals surface area contributed by atoms with E-state index in [-0.39, 0.29) is 33.3 Å². The third-order valence-corrected chi connectivity index (χ3v) is 3.66. The zero-order valence-corrected chi connectivity index (χ0v) is 12.2. The molecule has 108 valence electrons. The average molecular weight is 318 g/mol. The Morgan fingerprint density at radius 2 is 1.90 bits per heavy atom. The van der Waals surface area contributed by atoms with Gasteiger partial charge in [0.25, 0.3) is 5.91 Å². The van der Waals surface area contributed by atoms with Crippen molar-refractivity contribution in [2.75, 3.05) is 5.32 Å².